The van der Waals surface area contributed by atoms with E-state index in [0.29, 0.717) is 6.54 Å². The minimum absolute atomic E-state index is 0.0499. The summed E-state index contributed by atoms with van der Waals surface area (Å²) < 4.78 is 1.89. The quantitative estimate of drug-likeness (QED) is 0.804. The van der Waals surface area contributed by atoms with Crippen LogP contribution in [0.1, 0.15) is 11.4 Å². The summed E-state index contributed by atoms with van der Waals surface area (Å²) in [6, 6.07) is 13.9. The van der Waals surface area contributed by atoms with Crippen molar-refractivity contribution >= 4 is 23.3 Å². The van der Waals surface area contributed by atoms with Crippen LogP contribution in [0.25, 0.3) is 5.65 Å². The van der Waals surface area contributed by atoms with Gasteiger partial charge in [0.05, 0.1) is 11.8 Å². The fourth-order valence-electron chi connectivity index (χ4n) is 2.62. The number of nitrogens with zero attached hydrogens (tertiary/aromatic N) is 3. The minimum atomic E-state index is -0.0587. The van der Waals surface area contributed by atoms with Crippen molar-refractivity contribution in [2.24, 2.45) is 0 Å². The molecule has 0 aliphatic carbocycles. The lowest BCUT2D eigenvalue weighted by atomic mass is 10.1. The highest BCUT2D eigenvalue weighted by Crippen LogP contribution is 2.36. The van der Waals surface area contributed by atoms with Crippen LogP contribution in [0.3, 0.4) is 0 Å². The highest BCUT2D eigenvalue weighted by molar-refractivity contribution is 8.01. The number of aromatic nitrogens is 3. The Bertz CT molecular complexity index is 820. The van der Waals surface area contributed by atoms with Crippen molar-refractivity contribution in [1.29, 1.82) is 0 Å². The van der Waals surface area contributed by atoms with Gasteiger partial charge in [-0.05, 0) is 30.2 Å². The molecule has 0 radical (unpaired) electrons. The van der Waals surface area contributed by atoms with E-state index in [0.717, 1.165) is 17.9 Å². The van der Waals surface area contributed by atoms with Crippen LogP contribution >= 0.6 is 11.8 Å². The maximum absolute atomic E-state index is 12.4. The SMILES string of the molecule is O=C(NCc1nnc2ccccn12)C1Cc2ccccc2S1. The fraction of sp³-hybridized carbons (Fsp3) is 0.188. The third kappa shape index (κ3) is 2.35. The van der Waals surface area contributed by atoms with Crippen LogP contribution < -0.4 is 5.32 Å². The number of rotatable bonds is 3. The van der Waals surface area contributed by atoms with E-state index < -0.39 is 0 Å². The van der Waals surface area contributed by atoms with E-state index in [4.69, 9.17) is 0 Å². The van der Waals surface area contributed by atoms with Crippen LogP contribution in [0, 0.1) is 0 Å². The summed E-state index contributed by atoms with van der Waals surface area (Å²) >= 11 is 1.63. The van der Waals surface area contributed by atoms with Gasteiger partial charge in [-0.3, -0.25) is 9.20 Å². The summed E-state index contributed by atoms with van der Waals surface area (Å²) in [6.07, 6.45) is 2.68. The number of amides is 1. The molecule has 0 spiro atoms. The average Bonchev–Trinajstić information content (AvgIpc) is 3.16. The maximum atomic E-state index is 12.4. The first-order valence-corrected chi connectivity index (χ1v) is 8.00. The van der Waals surface area contributed by atoms with Gasteiger partial charge in [0, 0.05) is 11.1 Å². The predicted octanol–water partition coefficient (Wildman–Crippen LogP) is 2.06. The Balaban J connectivity index is 1.43. The molecule has 110 valence electrons. The van der Waals surface area contributed by atoms with Gasteiger partial charge in [0.15, 0.2) is 11.5 Å². The summed E-state index contributed by atoms with van der Waals surface area (Å²) in [5.41, 5.74) is 2.04. The molecule has 1 aromatic carbocycles. The van der Waals surface area contributed by atoms with Gasteiger partial charge in [-0.1, -0.05) is 24.3 Å². The normalized spacial score (nSPS) is 16.6. The van der Waals surface area contributed by atoms with Gasteiger partial charge < -0.3 is 5.32 Å². The van der Waals surface area contributed by atoms with Crippen molar-refractivity contribution in [2.75, 3.05) is 0 Å². The van der Waals surface area contributed by atoms with Crippen LogP contribution in [0.4, 0.5) is 0 Å². The molecule has 2 aromatic heterocycles. The van der Waals surface area contributed by atoms with Crippen molar-refractivity contribution in [3.63, 3.8) is 0 Å². The number of fused-ring (bicyclic) bond motifs is 2. The van der Waals surface area contributed by atoms with Gasteiger partial charge in [-0.15, -0.1) is 22.0 Å². The molecule has 22 heavy (non-hydrogen) atoms. The molecule has 1 amide bonds. The van der Waals surface area contributed by atoms with Crippen LogP contribution in [0.15, 0.2) is 53.6 Å². The molecule has 3 heterocycles. The second kappa shape index (κ2) is 5.46. The van der Waals surface area contributed by atoms with Crippen molar-refractivity contribution in [3.8, 4) is 0 Å². The van der Waals surface area contributed by atoms with E-state index in [1.807, 2.05) is 40.9 Å². The number of hydrogen-bond donors (Lipinski definition) is 1. The Morgan fingerprint density at radius 3 is 3.00 bits per heavy atom. The number of pyridine rings is 1. The maximum Gasteiger partial charge on any atom is 0.234 e. The van der Waals surface area contributed by atoms with E-state index in [9.17, 15) is 4.79 Å². The summed E-state index contributed by atoms with van der Waals surface area (Å²) in [4.78, 5) is 13.6. The molecule has 1 aliphatic rings. The van der Waals surface area contributed by atoms with E-state index in [1.54, 1.807) is 11.8 Å². The number of thioether (sulfide) groups is 1. The minimum Gasteiger partial charge on any atom is -0.348 e. The largest absolute Gasteiger partial charge is 0.348 e. The van der Waals surface area contributed by atoms with Gasteiger partial charge in [0.25, 0.3) is 0 Å². The third-order valence-corrected chi connectivity index (χ3v) is 5.06. The first-order chi connectivity index (χ1) is 10.8. The lowest BCUT2D eigenvalue weighted by molar-refractivity contribution is -0.120. The van der Waals surface area contributed by atoms with Crippen LogP contribution in [-0.2, 0) is 17.8 Å². The Morgan fingerprint density at radius 2 is 2.09 bits per heavy atom. The molecule has 0 saturated heterocycles. The number of carbonyl (C=O) groups is 1. The van der Waals surface area contributed by atoms with Gasteiger partial charge >= 0.3 is 0 Å². The molecule has 3 aromatic rings. The molecular formula is C16H14N4OS. The predicted molar refractivity (Wildman–Crippen MR) is 84.6 cm³/mol. The smallest absolute Gasteiger partial charge is 0.234 e. The van der Waals surface area contributed by atoms with E-state index in [-0.39, 0.29) is 11.2 Å². The molecule has 0 fully saturated rings. The first-order valence-electron chi connectivity index (χ1n) is 7.12. The Labute approximate surface area is 131 Å². The van der Waals surface area contributed by atoms with Crippen LogP contribution in [0.5, 0.6) is 0 Å². The number of nitrogens with one attached hydrogen (secondary N) is 1. The van der Waals surface area contributed by atoms with E-state index >= 15 is 0 Å². The van der Waals surface area contributed by atoms with Crippen LogP contribution in [-0.4, -0.2) is 25.8 Å². The molecule has 6 heteroatoms. The van der Waals surface area contributed by atoms with E-state index in [1.165, 1.54) is 10.5 Å². The second-order valence-electron chi connectivity index (χ2n) is 5.18. The highest BCUT2D eigenvalue weighted by atomic mass is 32.2. The Hall–Kier alpha value is -2.34. The summed E-state index contributed by atoms with van der Waals surface area (Å²) in [5.74, 6) is 0.790. The van der Waals surface area contributed by atoms with Crippen molar-refractivity contribution < 1.29 is 4.79 Å². The fourth-order valence-corrected chi connectivity index (χ4v) is 3.84. The molecule has 0 saturated carbocycles. The summed E-state index contributed by atoms with van der Waals surface area (Å²) in [7, 11) is 0. The first kappa shape index (κ1) is 13.3. The number of benzene rings is 1. The van der Waals surface area contributed by atoms with Gasteiger partial charge in [-0.2, -0.15) is 0 Å². The number of carbonyl (C=O) groups excluding carboxylic acids is 1. The van der Waals surface area contributed by atoms with Crippen molar-refractivity contribution in [1.82, 2.24) is 19.9 Å². The molecule has 5 nitrogen and oxygen atoms in total. The average molecular weight is 310 g/mol. The molecule has 1 atom stereocenters. The summed E-state index contributed by atoms with van der Waals surface area (Å²) in [6.45, 7) is 0.386. The lowest BCUT2D eigenvalue weighted by Crippen LogP contribution is -2.32. The van der Waals surface area contributed by atoms with Gasteiger partial charge in [0.2, 0.25) is 5.91 Å². The molecule has 1 N–H and O–H groups in total. The standard InChI is InChI=1S/C16H14N4OS/c21-16(13-9-11-5-1-2-6-12(11)22-13)17-10-15-19-18-14-7-3-4-8-20(14)15/h1-8,13H,9-10H2,(H,17,21). The lowest BCUT2D eigenvalue weighted by Gasteiger charge is -2.09. The topological polar surface area (TPSA) is 59.3 Å². The van der Waals surface area contributed by atoms with Crippen LogP contribution in [0.2, 0.25) is 0 Å². The molecule has 1 unspecified atom stereocenters. The zero-order valence-electron chi connectivity index (χ0n) is 11.8. The zero-order valence-corrected chi connectivity index (χ0v) is 12.6. The van der Waals surface area contributed by atoms with Crippen molar-refractivity contribution in [3.05, 3.63) is 60.0 Å². The van der Waals surface area contributed by atoms with Gasteiger partial charge in [-0.25, -0.2) is 0 Å². The molecule has 0 bridgehead atoms. The summed E-state index contributed by atoms with van der Waals surface area (Å²) in [5, 5.41) is 11.1. The molecular weight excluding hydrogens is 296 g/mol. The highest BCUT2D eigenvalue weighted by Gasteiger charge is 2.27. The Kier molecular flexibility index (Phi) is 3.31. The zero-order chi connectivity index (χ0) is 14.9. The van der Waals surface area contributed by atoms with Gasteiger partial charge in [0.1, 0.15) is 0 Å². The Morgan fingerprint density at radius 1 is 1.23 bits per heavy atom. The number of hydrogen-bond acceptors (Lipinski definition) is 4. The molecule has 4 rings (SSSR count). The molecule has 1 aliphatic heterocycles. The third-order valence-electron chi connectivity index (χ3n) is 3.74. The monoisotopic (exact) mass is 310 g/mol. The second-order valence-corrected chi connectivity index (χ2v) is 6.43. The van der Waals surface area contributed by atoms with E-state index in [2.05, 4.69) is 27.6 Å². The van der Waals surface area contributed by atoms with Crippen molar-refractivity contribution in [2.45, 2.75) is 23.1 Å².